The summed E-state index contributed by atoms with van der Waals surface area (Å²) in [5.41, 5.74) is -1.20. The van der Waals surface area contributed by atoms with Gasteiger partial charge in [-0.3, -0.25) is 0 Å². The van der Waals surface area contributed by atoms with Crippen LogP contribution in [0.3, 0.4) is 0 Å². The molecule has 0 amide bonds. The molecule has 2 fully saturated rings. The van der Waals surface area contributed by atoms with Gasteiger partial charge >= 0.3 is 167 Å². The van der Waals surface area contributed by atoms with Gasteiger partial charge in [0.2, 0.25) is 0 Å². The van der Waals surface area contributed by atoms with Gasteiger partial charge < -0.3 is 0 Å². The molecule has 8 heteroatoms. The molecule has 0 unspecified atom stereocenters. The van der Waals surface area contributed by atoms with Crippen LogP contribution >= 0.6 is 11.3 Å². The molecule has 0 bridgehead atoms. The Bertz CT molecular complexity index is 726. The van der Waals surface area contributed by atoms with Crippen LogP contribution in [0.25, 0.3) is 8.96 Å². The van der Waals surface area contributed by atoms with Crippen molar-refractivity contribution in [1.29, 1.82) is 0 Å². The molecule has 4 heterocycles. The Balaban J connectivity index is 1.58. The molecule has 0 saturated carbocycles. The van der Waals surface area contributed by atoms with Gasteiger partial charge in [-0.2, -0.15) is 0 Å². The van der Waals surface area contributed by atoms with Crippen molar-refractivity contribution in [2.75, 3.05) is 0 Å². The van der Waals surface area contributed by atoms with Crippen LogP contribution in [0.4, 0.5) is 0 Å². The molecule has 0 aromatic carbocycles. The van der Waals surface area contributed by atoms with Gasteiger partial charge in [0.05, 0.1) is 0 Å². The second-order valence-electron chi connectivity index (χ2n) is 9.20. The van der Waals surface area contributed by atoms with Crippen LogP contribution in [0.15, 0.2) is 12.1 Å². The number of hydrogen-bond donors (Lipinski definition) is 0. The molecule has 0 N–H and O–H groups in total. The fourth-order valence-electron chi connectivity index (χ4n) is 3.02. The molecule has 4 rings (SSSR count). The predicted molar refractivity (Wildman–Crippen MR) is 110 cm³/mol. The van der Waals surface area contributed by atoms with Gasteiger partial charge in [0.25, 0.3) is 0 Å². The van der Waals surface area contributed by atoms with E-state index in [1.54, 1.807) is 11.3 Å². The van der Waals surface area contributed by atoms with Crippen molar-refractivity contribution >= 4 is 58.2 Å². The Morgan fingerprint density at radius 2 is 1.19 bits per heavy atom. The van der Waals surface area contributed by atoms with E-state index in [9.17, 15) is 0 Å². The summed E-state index contributed by atoms with van der Waals surface area (Å²) >= 11 is 1.98. The third-order valence-corrected chi connectivity index (χ3v) is 9.93. The van der Waals surface area contributed by atoms with E-state index < -0.39 is 0 Å². The fourth-order valence-corrected chi connectivity index (χ4v) is 6.84. The van der Waals surface area contributed by atoms with E-state index in [1.807, 2.05) is 0 Å². The Hall–Kier alpha value is -0.0706. The molecular formula is C18H26B2O4SSe. The third-order valence-electron chi connectivity index (χ3n) is 6.22. The number of thiophene rings is 1. The van der Waals surface area contributed by atoms with Crippen molar-refractivity contribution in [2.24, 2.45) is 0 Å². The normalized spacial score (nSPS) is 26.2. The fraction of sp³-hybridized carbons (Fsp3) is 0.667. The Labute approximate surface area is 166 Å². The number of rotatable bonds is 2. The summed E-state index contributed by atoms with van der Waals surface area (Å²) in [7, 11) is -0.514. The third kappa shape index (κ3) is 2.89. The van der Waals surface area contributed by atoms with Gasteiger partial charge in [0.15, 0.2) is 0 Å². The van der Waals surface area contributed by atoms with E-state index in [-0.39, 0.29) is 51.1 Å². The van der Waals surface area contributed by atoms with E-state index >= 15 is 0 Å². The molecule has 0 aliphatic carbocycles. The average molecular weight is 439 g/mol. The molecule has 0 spiro atoms. The molecule has 2 aliphatic rings. The van der Waals surface area contributed by atoms with Crippen molar-refractivity contribution in [3.05, 3.63) is 12.1 Å². The predicted octanol–water partition coefficient (Wildman–Crippen LogP) is 2.56. The second-order valence-corrected chi connectivity index (χ2v) is 12.7. The van der Waals surface area contributed by atoms with Gasteiger partial charge in [-0.15, -0.1) is 0 Å². The van der Waals surface area contributed by atoms with E-state index in [0.29, 0.717) is 0 Å². The van der Waals surface area contributed by atoms with Gasteiger partial charge in [-0.05, 0) is 0 Å². The second kappa shape index (κ2) is 5.73. The van der Waals surface area contributed by atoms with E-state index in [1.165, 1.54) is 13.3 Å². The van der Waals surface area contributed by atoms with Gasteiger partial charge in [-0.1, -0.05) is 0 Å². The minimum atomic E-state index is -0.305. The van der Waals surface area contributed by atoms with Crippen LogP contribution in [0, 0.1) is 0 Å². The first-order chi connectivity index (χ1) is 11.8. The molecule has 0 radical (unpaired) electrons. The van der Waals surface area contributed by atoms with E-state index in [2.05, 4.69) is 67.5 Å². The first-order valence-corrected chi connectivity index (χ1v) is 11.6. The monoisotopic (exact) mass is 440 g/mol. The molecule has 2 aromatic rings. The number of hydrogen-bond acceptors (Lipinski definition) is 5. The van der Waals surface area contributed by atoms with Gasteiger partial charge in [0.1, 0.15) is 0 Å². The average Bonchev–Trinajstić information content (AvgIpc) is 3.11. The van der Waals surface area contributed by atoms with Crippen molar-refractivity contribution in [2.45, 2.75) is 77.8 Å². The van der Waals surface area contributed by atoms with Crippen molar-refractivity contribution in [3.8, 4) is 0 Å². The summed E-state index contributed by atoms with van der Waals surface area (Å²) in [6.45, 7) is 16.8. The van der Waals surface area contributed by atoms with Crippen LogP contribution in [0.1, 0.15) is 55.4 Å². The van der Waals surface area contributed by atoms with Crippen molar-refractivity contribution in [3.63, 3.8) is 0 Å². The zero-order chi connectivity index (χ0) is 19.1. The zero-order valence-corrected chi connectivity index (χ0v) is 19.3. The van der Waals surface area contributed by atoms with Gasteiger partial charge in [0, 0.05) is 0 Å². The van der Waals surface area contributed by atoms with Crippen LogP contribution in [-0.4, -0.2) is 51.1 Å². The van der Waals surface area contributed by atoms with Crippen LogP contribution in [0.5, 0.6) is 0 Å². The zero-order valence-electron chi connectivity index (χ0n) is 16.8. The summed E-state index contributed by atoms with van der Waals surface area (Å²) in [6, 6.07) is 4.49. The van der Waals surface area contributed by atoms with E-state index in [4.69, 9.17) is 18.6 Å². The summed E-state index contributed by atoms with van der Waals surface area (Å²) in [5.74, 6) is 0. The maximum absolute atomic E-state index is 6.21. The molecule has 140 valence electrons. The molecule has 4 nitrogen and oxygen atoms in total. The quantitative estimate of drug-likeness (QED) is 0.675. The van der Waals surface area contributed by atoms with Crippen molar-refractivity contribution < 1.29 is 18.6 Å². The van der Waals surface area contributed by atoms with E-state index in [0.717, 1.165) is 4.78 Å². The Morgan fingerprint density at radius 1 is 0.731 bits per heavy atom. The first kappa shape index (κ1) is 19.3. The first-order valence-electron chi connectivity index (χ1n) is 9.06. The molecular weight excluding hydrogens is 413 g/mol. The van der Waals surface area contributed by atoms with Crippen LogP contribution in [-0.2, 0) is 18.6 Å². The SMILES string of the molecule is CC1(C)OB(c2cc3[se]c(B4OC(C)(C)C(C)(C)O4)cc3s2)OC1(C)C. The molecule has 26 heavy (non-hydrogen) atoms. The summed E-state index contributed by atoms with van der Waals surface area (Å²) in [6.07, 6.45) is 0. The minimum absolute atomic E-state index is 0.217. The number of fused-ring (bicyclic) bond motifs is 1. The molecule has 2 aliphatic heterocycles. The Morgan fingerprint density at radius 3 is 1.65 bits per heavy atom. The maximum atomic E-state index is 6.21. The molecule has 2 aromatic heterocycles. The summed E-state index contributed by atoms with van der Waals surface area (Å²) < 4.78 is 29.9. The standard InChI is InChI=1S/C18H26B2O4SSe/c1-15(2)16(3,4)22-19(21-15)13-10-12-11(25-13)9-14(26-12)20-23-17(5,6)18(7,8)24-20/h9-10H,1-8H3. The van der Waals surface area contributed by atoms with Crippen LogP contribution < -0.4 is 9.11 Å². The van der Waals surface area contributed by atoms with Crippen molar-refractivity contribution in [1.82, 2.24) is 0 Å². The van der Waals surface area contributed by atoms with Gasteiger partial charge in [-0.25, -0.2) is 0 Å². The Kier molecular flexibility index (Phi) is 4.24. The molecule has 2 saturated heterocycles. The summed E-state index contributed by atoms with van der Waals surface area (Å²) in [5, 5.41) is 0. The summed E-state index contributed by atoms with van der Waals surface area (Å²) in [4.78, 5) is 0. The van der Waals surface area contributed by atoms with Crippen LogP contribution in [0.2, 0.25) is 0 Å². The molecule has 0 atom stereocenters. The topological polar surface area (TPSA) is 36.9 Å².